The van der Waals surface area contributed by atoms with Gasteiger partial charge in [0.25, 0.3) is 0 Å². The van der Waals surface area contributed by atoms with Crippen molar-refractivity contribution < 1.29 is 0 Å². The predicted octanol–water partition coefficient (Wildman–Crippen LogP) is 8.21. The van der Waals surface area contributed by atoms with E-state index in [1.807, 2.05) is 60.7 Å². The lowest BCUT2D eigenvalue weighted by Crippen LogP contribution is -2.09. The quantitative estimate of drug-likeness (QED) is 0.360. The highest BCUT2D eigenvalue weighted by Crippen LogP contribution is 2.36. The van der Waals surface area contributed by atoms with Crippen LogP contribution in [0.1, 0.15) is 0 Å². The van der Waals surface area contributed by atoms with Crippen LogP contribution in [-0.4, -0.2) is 0 Å². The summed E-state index contributed by atoms with van der Waals surface area (Å²) in [6, 6.07) is 34.0. The third-order valence-electron chi connectivity index (χ3n) is 4.32. The van der Waals surface area contributed by atoms with E-state index in [4.69, 9.17) is 23.2 Å². The second kappa shape index (κ2) is 8.39. The molecule has 0 fully saturated rings. The Hall–Kier alpha value is -2.94. The molecule has 0 bridgehead atoms. The topological polar surface area (TPSA) is 15.3 Å². The number of hydrogen-bond acceptors (Lipinski definition) is 2. The van der Waals surface area contributed by atoms with Crippen molar-refractivity contribution in [1.29, 1.82) is 0 Å². The van der Waals surface area contributed by atoms with Gasteiger partial charge in [-0.1, -0.05) is 53.5 Å². The van der Waals surface area contributed by atoms with Gasteiger partial charge in [-0.3, -0.25) is 0 Å². The van der Waals surface area contributed by atoms with Gasteiger partial charge in [-0.05, 0) is 72.8 Å². The summed E-state index contributed by atoms with van der Waals surface area (Å²) in [6.07, 6.45) is 0. The highest BCUT2D eigenvalue weighted by molar-refractivity contribution is 6.31. The van der Waals surface area contributed by atoms with E-state index in [0.29, 0.717) is 10.0 Å². The maximum atomic E-state index is 6.24. The first-order chi connectivity index (χ1) is 13.7. The first kappa shape index (κ1) is 18.4. The zero-order chi connectivity index (χ0) is 19.3. The van der Waals surface area contributed by atoms with Gasteiger partial charge in [0, 0.05) is 38.5 Å². The van der Waals surface area contributed by atoms with Crippen molar-refractivity contribution in [3.63, 3.8) is 0 Å². The Bertz CT molecular complexity index is 1060. The molecule has 0 saturated carbocycles. The Balaban J connectivity index is 1.67. The van der Waals surface area contributed by atoms with Crippen LogP contribution in [0.4, 0.5) is 28.4 Å². The van der Waals surface area contributed by atoms with Crippen LogP contribution in [0.5, 0.6) is 0 Å². The summed E-state index contributed by atoms with van der Waals surface area (Å²) in [5, 5.41) is 4.79. The molecule has 0 aliphatic heterocycles. The number of nitrogens with zero attached hydrogens (tertiary/aromatic N) is 1. The van der Waals surface area contributed by atoms with Gasteiger partial charge in [0.15, 0.2) is 0 Å². The number of rotatable bonds is 5. The molecule has 4 aromatic carbocycles. The van der Waals surface area contributed by atoms with Crippen molar-refractivity contribution in [3.8, 4) is 0 Å². The Kier molecular flexibility index (Phi) is 5.52. The molecule has 0 radical (unpaired) electrons. The molecule has 0 spiro atoms. The van der Waals surface area contributed by atoms with Gasteiger partial charge in [-0.2, -0.15) is 0 Å². The van der Waals surface area contributed by atoms with Gasteiger partial charge < -0.3 is 10.2 Å². The lowest BCUT2D eigenvalue weighted by Gasteiger charge is -2.25. The Labute approximate surface area is 175 Å². The van der Waals surface area contributed by atoms with E-state index in [1.165, 1.54) is 0 Å². The highest BCUT2D eigenvalue weighted by atomic mass is 35.5. The largest absolute Gasteiger partial charge is 0.355 e. The number of anilines is 5. The molecular weight excluding hydrogens is 387 g/mol. The lowest BCUT2D eigenvalue weighted by atomic mass is 10.2. The third kappa shape index (κ3) is 4.30. The summed E-state index contributed by atoms with van der Waals surface area (Å²) in [5.41, 5.74) is 5.07. The van der Waals surface area contributed by atoms with Crippen LogP contribution >= 0.6 is 23.2 Å². The summed E-state index contributed by atoms with van der Waals surface area (Å²) >= 11 is 12.3. The molecule has 4 aromatic rings. The van der Waals surface area contributed by atoms with Crippen molar-refractivity contribution in [2.75, 3.05) is 10.2 Å². The number of halogens is 2. The molecule has 0 heterocycles. The summed E-state index contributed by atoms with van der Waals surface area (Å²) in [7, 11) is 0. The molecule has 2 nitrogen and oxygen atoms in total. The predicted molar refractivity (Wildman–Crippen MR) is 121 cm³/mol. The van der Waals surface area contributed by atoms with E-state index in [1.54, 1.807) is 0 Å². The smallest absolute Gasteiger partial charge is 0.0476 e. The van der Waals surface area contributed by atoms with Gasteiger partial charge >= 0.3 is 0 Å². The van der Waals surface area contributed by atoms with Crippen molar-refractivity contribution in [1.82, 2.24) is 0 Å². The summed E-state index contributed by atoms with van der Waals surface area (Å²) < 4.78 is 0. The Morgan fingerprint density at radius 2 is 1.11 bits per heavy atom. The average molecular weight is 405 g/mol. The van der Waals surface area contributed by atoms with E-state index < -0.39 is 0 Å². The van der Waals surface area contributed by atoms with Crippen molar-refractivity contribution in [2.45, 2.75) is 0 Å². The zero-order valence-electron chi connectivity index (χ0n) is 15.0. The van der Waals surface area contributed by atoms with Crippen LogP contribution in [0.25, 0.3) is 0 Å². The Morgan fingerprint density at radius 1 is 0.500 bits per heavy atom. The summed E-state index contributed by atoms with van der Waals surface area (Å²) in [6.45, 7) is 0. The maximum Gasteiger partial charge on any atom is 0.0476 e. The van der Waals surface area contributed by atoms with Gasteiger partial charge in [-0.25, -0.2) is 0 Å². The van der Waals surface area contributed by atoms with Gasteiger partial charge in [0.2, 0.25) is 0 Å². The second-order valence-electron chi connectivity index (χ2n) is 6.33. The minimum Gasteiger partial charge on any atom is -0.355 e. The number of nitrogens with one attached hydrogen (secondary N) is 1. The molecule has 0 aliphatic carbocycles. The zero-order valence-corrected chi connectivity index (χ0v) is 16.5. The minimum absolute atomic E-state index is 0.706. The number of para-hydroxylation sites is 1. The van der Waals surface area contributed by atoms with E-state index in [0.717, 1.165) is 28.4 Å². The molecule has 1 N–H and O–H groups in total. The third-order valence-corrected chi connectivity index (χ3v) is 4.79. The monoisotopic (exact) mass is 404 g/mol. The number of hydrogen-bond donors (Lipinski definition) is 1. The molecule has 0 atom stereocenters. The fraction of sp³-hybridized carbons (Fsp3) is 0. The standard InChI is InChI=1S/C24H18Cl2N2/c25-18-6-4-8-21(16-18)27-20-12-14-23(15-13-20)28(22-9-2-1-3-10-22)24-11-5-7-19(26)17-24/h1-17,27H. The minimum atomic E-state index is 0.706. The molecule has 4 rings (SSSR count). The van der Waals surface area contributed by atoms with E-state index in [2.05, 4.69) is 52.7 Å². The summed E-state index contributed by atoms with van der Waals surface area (Å²) in [5.74, 6) is 0. The molecule has 0 aliphatic rings. The van der Waals surface area contributed by atoms with Crippen molar-refractivity contribution >= 4 is 51.6 Å². The fourth-order valence-corrected chi connectivity index (χ4v) is 3.44. The van der Waals surface area contributed by atoms with Gasteiger partial charge in [0.05, 0.1) is 0 Å². The SMILES string of the molecule is Clc1cccc(Nc2ccc(N(c3ccccc3)c3cccc(Cl)c3)cc2)c1. The molecule has 138 valence electrons. The van der Waals surface area contributed by atoms with Crippen LogP contribution in [0.15, 0.2) is 103 Å². The lowest BCUT2D eigenvalue weighted by molar-refractivity contribution is 1.28. The molecule has 0 amide bonds. The molecule has 0 saturated heterocycles. The van der Waals surface area contributed by atoms with Gasteiger partial charge in [0.1, 0.15) is 0 Å². The molecular formula is C24H18Cl2N2. The van der Waals surface area contributed by atoms with Crippen LogP contribution in [-0.2, 0) is 0 Å². The van der Waals surface area contributed by atoms with Crippen LogP contribution < -0.4 is 10.2 Å². The second-order valence-corrected chi connectivity index (χ2v) is 7.21. The van der Waals surface area contributed by atoms with Crippen LogP contribution in [0.2, 0.25) is 10.0 Å². The Morgan fingerprint density at radius 3 is 1.79 bits per heavy atom. The van der Waals surface area contributed by atoms with Crippen LogP contribution in [0, 0.1) is 0 Å². The highest BCUT2D eigenvalue weighted by Gasteiger charge is 2.12. The summed E-state index contributed by atoms with van der Waals surface area (Å²) in [4.78, 5) is 2.18. The van der Waals surface area contributed by atoms with E-state index in [-0.39, 0.29) is 0 Å². The first-order valence-corrected chi connectivity index (χ1v) is 9.68. The maximum absolute atomic E-state index is 6.24. The van der Waals surface area contributed by atoms with E-state index in [9.17, 15) is 0 Å². The number of benzene rings is 4. The molecule has 0 unspecified atom stereocenters. The van der Waals surface area contributed by atoms with Crippen molar-refractivity contribution in [3.05, 3.63) is 113 Å². The first-order valence-electron chi connectivity index (χ1n) is 8.92. The fourth-order valence-electron chi connectivity index (χ4n) is 3.07. The van der Waals surface area contributed by atoms with Crippen molar-refractivity contribution in [2.24, 2.45) is 0 Å². The van der Waals surface area contributed by atoms with Gasteiger partial charge in [-0.15, -0.1) is 0 Å². The molecule has 0 aromatic heterocycles. The van der Waals surface area contributed by atoms with Crippen LogP contribution in [0.3, 0.4) is 0 Å². The molecule has 4 heteroatoms. The average Bonchev–Trinajstić information content (AvgIpc) is 2.71. The molecule has 28 heavy (non-hydrogen) atoms. The van der Waals surface area contributed by atoms with E-state index >= 15 is 0 Å². The normalized spacial score (nSPS) is 10.5.